The Bertz CT molecular complexity index is 822. The molecule has 31 heavy (non-hydrogen) atoms. The van der Waals surface area contributed by atoms with Crippen LogP contribution in [0.4, 0.5) is 16.2 Å². The van der Waals surface area contributed by atoms with E-state index in [0.717, 1.165) is 50.2 Å². The molecule has 0 bridgehead atoms. The van der Waals surface area contributed by atoms with E-state index >= 15 is 0 Å². The Morgan fingerprint density at radius 1 is 1.10 bits per heavy atom. The van der Waals surface area contributed by atoms with Gasteiger partial charge in [-0.25, -0.2) is 4.79 Å². The van der Waals surface area contributed by atoms with Gasteiger partial charge in [0, 0.05) is 37.1 Å². The number of nitrogen functional groups attached to an aromatic ring is 1. The van der Waals surface area contributed by atoms with Crippen LogP contribution >= 0.6 is 0 Å². The van der Waals surface area contributed by atoms with Crippen molar-refractivity contribution in [1.82, 2.24) is 10.6 Å². The Kier molecular flexibility index (Phi) is 8.99. The van der Waals surface area contributed by atoms with Crippen LogP contribution in [0.1, 0.15) is 24.0 Å². The summed E-state index contributed by atoms with van der Waals surface area (Å²) in [5, 5.41) is 9.70. The SMILES string of the molecule is COC(=O)NCCNc1ccccc1CCC1CNC(CCc2ccccc2N)CO1. The van der Waals surface area contributed by atoms with Gasteiger partial charge in [-0.2, -0.15) is 0 Å². The second-order valence-electron chi connectivity index (χ2n) is 7.84. The number of benzene rings is 2. The minimum atomic E-state index is -0.414. The molecule has 1 aliphatic rings. The number of rotatable bonds is 10. The van der Waals surface area contributed by atoms with Crippen LogP contribution in [0.5, 0.6) is 0 Å². The van der Waals surface area contributed by atoms with Gasteiger partial charge in [0.15, 0.2) is 0 Å². The number of anilines is 2. The van der Waals surface area contributed by atoms with Crippen LogP contribution in [-0.4, -0.2) is 51.6 Å². The number of aryl methyl sites for hydroxylation is 2. The lowest BCUT2D eigenvalue weighted by Gasteiger charge is -2.30. The molecule has 2 aromatic carbocycles. The maximum atomic E-state index is 11.1. The predicted octanol–water partition coefficient (Wildman–Crippen LogP) is 2.96. The second kappa shape index (κ2) is 12.2. The Morgan fingerprint density at radius 3 is 2.58 bits per heavy atom. The van der Waals surface area contributed by atoms with E-state index in [1.165, 1.54) is 18.2 Å². The summed E-state index contributed by atoms with van der Waals surface area (Å²) in [6.45, 7) is 2.75. The second-order valence-corrected chi connectivity index (χ2v) is 7.84. The highest BCUT2D eigenvalue weighted by atomic mass is 16.5. The van der Waals surface area contributed by atoms with Crippen molar-refractivity contribution in [2.75, 3.05) is 44.4 Å². The highest BCUT2D eigenvalue weighted by Crippen LogP contribution is 2.20. The Hall–Kier alpha value is -2.77. The van der Waals surface area contributed by atoms with E-state index in [1.807, 2.05) is 24.3 Å². The smallest absolute Gasteiger partial charge is 0.406 e. The molecule has 3 rings (SSSR count). The first-order chi connectivity index (χ1) is 15.2. The first-order valence-corrected chi connectivity index (χ1v) is 11.0. The third-order valence-electron chi connectivity index (χ3n) is 5.63. The van der Waals surface area contributed by atoms with Gasteiger partial charge >= 0.3 is 6.09 Å². The summed E-state index contributed by atoms with van der Waals surface area (Å²) < 4.78 is 10.7. The van der Waals surface area contributed by atoms with Crippen LogP contribution < -0.4 is 21.7 Å². The zero-order valence-electron chi connectivity index (χ0n) is 18.2. The predicted molar refractivity (Wildman–Crippen MR) is 124 cm³/mol. The summed E-state index contributed by atoms with van der Waals surface area (Å²) in [6, 6.07) is 16.7. The quantitative estimate of drug-likeness (QED) is 0.345. The molecule has 7 nitrogen and oxygen atoms in total. The highest BCUT2D eigenvalue weighted by Gasteiger charge is 2.21. The fourth-order valence-corrected chi connectivity index (χ4v) is 3.79. The first-order valence-electron chi connectivity index (χ1n) is 11.0. The van der Waals surface area contributed by atoms with Gasteiger partial charge in [-0.05, 0) is 48.9 Å². The fourth-order valence-electron chi connectivity index (χ4n) is 3.79. The van der Waals surface area contributed by atoms with Crippen molar-refractivity contribution in [2.45, 2.75) is 37.8 Å². The lowest BCUT2D eigenvalue weighted by Crippen LogP contribution is -2.46. The normalized spacial score (nSPS) is 18.4. The number of carbonyl (C=O) groups is 1. The van der Waals surface area contributed by atoms with Gasteiger partial charge in [0.1, 0.15) is 0 Å². The van der Waals surface area contributed by atoms with Crippen molar-refractivity contribution in [2.24, 2.45) is 0 Å². The number of morpholine rings is 1. The number of nitrogens with one attached hydrogen (secondary N) is 3. The van der Waals surface area contributed by atoms with Crippen LogP contribution in [0.15, 0.2) is 48.5 Å². The zero-order valence-corrected chi connectivity index (χ0v) is 18.2. The number of para-hydroxylation sites is 2. The van der Waals surface area contributed by atoms with Crippen molar-refractivity contribution >= 4 is 17.5 Å². The Morgan fingerprint density at radius 2 is 1.84 bits per heavy atom. The zero-order chi connectivity index (χ0) is 21.9. The molecule has 0 aliphatic carbocycles. The molecular formula is C24H34N4O3. The topological polar surface area (TPSA) is 97.6 Å². The molecule has 0 saturated carbocycles. The summed E-state index contributed by atoms with van der Waals surface area (Å²) in [4.78, 5) is 11.1. The summed E-state index contributed by atoms with van der Waals surface area (Å²) in [5.74, 6) is 0. The van der Waals surface area contributed by atoms with Gasteiger partial charge in [0.2, 0.25) is 0 Å². The molecular weight excluding hydrogens is 392 g/mol. The van der Waals surface area contributed by atoms with Gasteiger partial charge in [-0.15, -0.1) is 0 Å². The van der Waals surface area contributed by atoms with E-state index in [1.54, 1.807) is 0 Å². The Labute approximate surface area is 184 Å². The number of hydrogen-bond acceptors (Lipinski definition) is 6. The molecule has 1 heterocycles. The average molecular weight is 427 g/mol. The van der Waals surface area contributed by atoms with Gasteiger partial charge in [0.05, 0.1) is 19.8 Å². The maximum absolute atomic E-state index is 11.1. The lowest BCUT2D eigenvalue weighted by molar-refractivity contribution is -0.00144. The van der Waals surface area contributed by atoms with E-state index in [9.17, 15) is 4.79 Å². The summed E-state index contributed by atoms with van der Waals surface area (Å²) >= 11 is 0. The fraction of sp³-hybridized carbons (Fsp3) is 0.458. The molecule has 5 N–H and O–H groups in total. The van der Waals surface area contributed by atoms with Crippen LogP contribution in [0.25, 0.3) is 0 Å². The van der Waals surface area contributed by atoms with Gasteiger partial charge in [-0.3, -0.25) is 0 Å². The molecule has 7 heteroatoms. The van der Waals surface area contributed by atoms with Crippen molar-refractivity contribution < 1.29 is 14.3 Å². The van der Waals surface area contributed by atoms with Crippen LogP contribution in [0, 0.1) is 0 Å². The standard InChI is InChI=1S/C24H34N4O3/c1-30-24(29)27-15-14-26-23-9-5-3-7-19(23)11-13-21-16-28-20(17-31-21)12-10-18-6-2-4-8-22(18)25/h2-9,20-21,26,28H,10-17,25H2,1H3,(H,27,29). The molecule has 168 valence electrons. The third-order valence-corrected chi connectivity index (χ3v) is 5.63. The van der Waals surface area contributed by atoms with Crippen LogP contribution in [-0.2, 0) is 22.3 Å². The molecule has 1 amide bonds. The molecule has 2 aromatic rings. The number of ether oxygens (including phenoxy) is 2. The largest absolute Gasteiger partial charge is 0.453 e. The number of alkyl carbamates (subject to hydrolysis) is 1. The Balaban J connectivity index is 1.37. The number of amides is 1. The van der Waals surface area contributed by atoms with Crippen LogP contribution in [0.2, 0.25) is 0 Å². The monoisotopic (exact) mass is 426 g/mol. The molecule has 0 aromatic heterocycles. The summed E-state index contributed by atoms with van der Waals surface area (Å²) in [7, 11) is 1.36. The third kappa shape index (κ3) is 7.45. The number of hydrogen-bond donors (Lipinski definition) is 4. The number of methoxy groups -OCH3 is 1. The molecule has 2 atom stereocenters. The van der Waals surface area contributed by atoms with Gasteiger partial charge in [-0.1, -0.05) is 36.4 Å². The minimum absolute atomic E-state index is 0.215. The molecule has 1 fully saturated rings. The van der Waals surface area contributed by atoms with E-state index < -0.39 is 6.09 Å². The van der Waals surface area contributed by atoms with E-state index in [4.69, 9.17) is 10.5 Å². The molecule has 2 unspecified atom stereocenters. The van der Waals surface area contributed by atoms with E-state index in [0.29, 0.717) is 19.1 Å². The van der Waals surface area contributed by atoms with Gasteiger partial charge in [0.25, 0.3) is 0 Å². The molecule has 0 spiro atoms. The maximum Gasteiger partial charge on any atom is 0.406 e. The van der Waals surface area contributed by atoms with Crippen molar-refractivity contribution in [3.8, 4) is 0 Å². The molecule has 1 saturated heterocycles. The molecule has 0 radical (unpaired) electrons. The summed E-state index contributed by atoms with van der Waals surface area (Å²) in [6.07, 6.45) is 3.68. The highest BCUT2D eigenvalue weighted by molar-refractivity contribution is 5.66. The number of nitrogens with two attached hydrogens (primary N) is 1. The van der Waals surface area contributed by atoms with E-state index in [-0.39, 0.29) is 6.10 Å². The van der Waals surface area contributed by atoms with E-state index in [2.05, 4.69) is 45.0 Å². The average Bonchev–Trinajstić information content (AvgIpc) is 2.81. The van der Waals surface area contributed by atoms with Gasteiger partial charge < -0.3 is 31.2 Å². The minimum Gasteiger partial charge on any atom is -0.453 e. The number of carbonyl (C=O) groups excluding carboxylic acids is 1. The van der Waals surface area contributed by atoms with Crippen molar-refractivity contribution in [1.29, 1.82) is 0 Å². The lowest BCUT2D eigenvalue weighted by atomic mass is 10.0. The summed E-state index contributed by atoms with van der Waals surface area (Å²) in [5.41, 5.74) is 10.5. The van der Waals surface area contributed by atoms with Crippen molar-refractivity contribution in [3.05, 3.63) is 59.7 Å². The molecule has 1 aliphatic heterocycles. The first kappa shape index (κ1) is 22.9. The van der Waals surface area contributed by atoms with Crippen LogP contribution in [0.3, 0.4) is 0 Å². The van der Waals surface area contributed by atoms with Crippen molar-refractivity contribution in [3.63, 3.8) is 0 Å².